The first-order chi connectivity index (χ1) is 9.22. The molecule has 2 N–H and O–H groups in total. The number of rotatable bonds is 5. The Kier molecular flexibility index (Phi) is 4.13. The van der Waals surface area contributed by atoms with Crippen molar-refractivity contribution >= 4 is 5.91 Å². The quantitative estimate of drug-likeness (QED) is 0.894. The molecule has 0 saturated heterocycles. The van der Waals surface area contributed by atoms with Gasteiger partial charge in [-0.25, -0.2) is 0 Å². The number of carbonyl (C=O) groups excluding carboxylic acids is 1. The van der Waals surface area contributed by atoms with Gasteiger partial charge >= 0.3 is 0 Å². The van der Waals surface area contributed by atoms with E-state index in [1.54, 1.807) is 24.5 Å². The summed E-state index contributed by atoms with van der Waals surface area (Å²) in [5.41, 5.74) is 7.63. The van der Waals surface area contributed by atoms with Crippen LogP contribution in [0, 0.1) is 0 Å². The summed E-state index contributed by atoms with van der Waals surface area (Å²) in [6.45, 7) is 2.57. The molecule has 19 heavy (non-hydrogen) atoms. The lowest BCUT2D eigenvalue weighted by atomic mass is 10.0. The Morgan fingerprint density at radius 3 is 2.79 bits per heavy atom. The number of nitrogens with two attached hydrogens (primary N) is 1. The van der Waals surface area contributed by atoms with Crippen LogP contribution in [0.1, 0.15) is 23.7 Å². The van der Waals surface area contributed by atoms with E-state index in [1.165, 1.54) is 0 Å². The van der Waals surface area contributed by atoms with Crippen molar-refractivity contribution in [1.82, 2.24) is 4.98 Å². The van der Waals surface area contributed by atoms with E-state index in [1.807, 2.05) is 25.1 Å². The smallest absolute Gasteiger partial charge is 0.252 e. The SMILES string of the molecule is CCCOc1ccc(-c2cccnc2)cc1C(N)=O. The molecule has 0 aliphatic rings. The third kappa shape index (κ3) is 3.10. The number of hydrogen-bond acceptors (Lipinski definition) is 3. The van der Waals surface area contributed by atoms with E-state index in [4.69, 9.17) is 10.5 Å². The zero-order valence-electron chi connectivity index (χ0n) is 10.8. The molecule has 0 radical (unpaired) electrons. The number of carbonyl (C=O) groups is 1. The van der Waals surface area contributed by atoms with E-state index >= 15 is 0 Å². The predicted octanol–water partition coefficient (Wildman–Crippen LogP) is 2.64. The van der Waals surface area contributed by atoms with Gasteiger partial charge in [0, 0.05) is 18.0 Å². The summed E-state index contributed by atoms with van der Waals surface area (Å²) in [5.74, 6) is 0.0406. The molecule has 0 fully saturated rings. The average molecular weight is 256 g/mol. The van der Waals surface area contributed by atoms with Gasteiger partial charge in [0.05, 0.1) is 12.2 Å². The van der Waals surface area contributed by atoms with Gasteiger partial charge in [-0.15, -0.1) is 0 Å². The Morgan fingerprint density at radius 2 is 2.16 bits per heavy atom. The molecule has 4 heteroatoms. The van der Waals surface area contributed by atoms with E-state index in [0.29, 0.717) is 17.9 Å². The molecule has 1 amide bonds. The Labute approximate surface area is 112 Å². The number of benzene rings is 1. The molecule has 0 spiro atoms. The van der Waals surface area contributed by atoms with Crippen LogP contribution in [-0.2, 0) is 0 Å². The number of pyridine rings is 1. The molecule has 2 rings (SSSR count). The number of amides is 1. The third-order valence-corrected chi connectivity index (χ3v) is 2.70. The van der Waals surface area contributed by atoms with Gasteiger partial charge in [0.2, 0.25) is 0 Å². The van der Waals surface area contributed by atoms with E-state index in [9.17, 15) is 4.79 Å². The van der Waals surface area contributed by atoms with Gasteiger partial charge in [0.15, 0.2) is 0 Å². The van der Waals surface area contributed by atoms with Crippen LogP contribution in [0.3, 0.4) is 0 Å². The van der Waals surface area contributed by atoms with Crippen LogP contribution in [-0.4, -0.2) is 17.5 Å². The van der Waals surface area contributed by atoms with Gasteiger partial charge in [0.25, 0.3) is 5.91 Å². The second kappa shape index (κ2) is 6.00. The zero-order chi connectivity index (χ0) is 13.7. The Morgan fingerprint density at radius 1 is 1.32 bits per heavy atom. The van der Waals surface area contributed by atoms with Crippen LogP contribution in [0.4, 0.5) is 0 Å². The lowest BCUT2D eigenvalue weighted by Gasteiger charge is -2.10. The maximum atomic E-state index is 11.5. The summed E-state index contributed by atoms with van der Waals surface area (Å²) in [7, 11) is 0. The van der Waals surface area contributed by atoms with E-state index in [0.717, 1.165) is 17.5 Å². The van der Waals surface area contributed by atoms with Gasteiger partial charge in [-0.05, 0) is 30.2 Å². The third-order valence-electron chi connectivity index (χ3n) is 2.70. The first-order valence-corrected chi connectivity index (χ1v) is 6.19. The Balaban J connectivity index is 2.39. The molecule has 0 aliphatic heterocycles. The highest BCUT2D eigenvalue weighted by atomic mass is 16.5. The second-order valence-corrected chi connectivity index (χ2v) is 4.17. The highest BCUT2D eigenvalue weighted by Crippen LogP contribution is 2.26. The average Bonchev–Trinajstić information content (AvgIpc) is 2.45. The Hall–Kier alpha value is -2.36. The van der Waals surface area contributed by atoms with Crippen molar-refractivity contribution in [2.45, 2.75) is 13.3 Å². The predicted molar refractivity (Wildman–Crippen MR) is 74.0 cm³/mol. The fourth-order valence-electron chi connectivity index (χ4n) is 1.77. The number of primary amides is 1. The first kappa shape index (κ1) is 13.1. The van der Waals surface area contributed by atoms with Gasteiger partial charge in [-0.3, -0.25) is 9.78 Å². The normalized spacial score (nSPS) is 10.2. The summed E-state index contributed by atoms with van der Waals surface area (Å²) in [5, 5.41) is 0. The topological polar surface area (TPSA) is 65.2 Å². The fraction of sp³-hybridized carbons (Fsp3) is 0.200. The van der Waals surface area contributed by atoms with Gasteiger partial charge < -0.3 is 10.5 Å². The molecular formula is C15H16N2O2. The molecule has 1 aromatic carbocycles. The van der Waals surface area contributed by atoms with Crippen LogP contribution in [0.5, 0.6) is 5.75 Å². The minimum atomic E-state index is -0.489. The van der Waals surface area contributed by atoms with Crippen molar-refractivity contribution < 1.29 is 9.53 Å². The maximum absolute atomic E-state index is 11.5. The summed E-state index contributed by atoms with van der Waals surface area (Å²) < 4.78 is 5.52. The van der Waals surface area contributed by atoms with Crippen molar-refractivity contribution in [3.05, 3.63) is 48.3 Å². The van der Waals surface area contributed by atoms with Crippen molar-refractivity contribution in [1.29, 1.82) is 0 Å². The molecule has 0 bridgehead atoms. The molecule has 2 aromatic rings. The number of nitrogens with zero attached hydrogens (tertiary/aromatic N) is 1. The van der Waals surface area contributed by atoms with Crippen LogP contribution in [0.25, 0.3) is 11.1 Å². The fourth-order valence-corrected chi connectivity index (χ4v) is 1.77. The lowest BCUT2D eigenvalue weighted by Crippen LogP contribution is -2.13. The van der Waals surface area contributed by atoms with E-state index in [2.05, 4.69) is 4.98 Å². The summed E-state index contributed by atoms with van der Waals surface area (Å²) in [6, 6.07) is 9.19. The number of aromatic nitrogens is 1. The molecule has 4 nitrogen and oxygen atoms in total. The standard InChI is InChI=1S/C15H16N2O2/c1-2-8-19-14-6-5-11(9-13(14)15(16)18)12-4-3-7-17-10-12/h3-7,9-10H,2,8H2,1H3,(H2,16,18). The van der Waals surface area contributed by atoms with E-state index in [-0.39, 0.29) is 0 Å². The van der Waals surface area contributed by atoms with Crippen LogP contribution in [0.15, 0.2) is 42.7 Å². The highest BCUT2D eigenvalue weighted by molar-refractivity contribution is 5.97. The summed E-state index contributed by atoms with van der Waals surface area (Å²) in [6.07, 6.45) is 4.33. The number of hydrogen-bond donors (Lipinski definition) is 1. The van der Waals surface area contributed by atoms with E-state index < -0.39 is 5.91 Å². The van der Waals surface area contributed by atoms with Crippen molar-refractivity contribution in [3.8, 4) is 16.9 Å². The van der Waals surface area contributed by atoms with Gasteiger partial charge in [-0.1, -0.05) is 19.1 Å². The highest BCUT2D eigenvalue weighted by Gasteiger charge is 2.11. The van der Waals surface area contributed by atoms with Crippen LogP contribution < -0.4 is 10.5 Å². The van der Waals surface area contributed by atoms with Crippen LogP contribution in [0.2, 0.25) is 0 Å². The van der Waals surface area contributed by atoms with Crippen molar-refractivity contribution in [3.63, 3.8) is 0 Å². The molecule has 1 heterocycles. The lowest BCUT2D eigenvalue weighted by molar-refractivity contribution is 0.0996. The first-order valence-electron chi connectivity index (χ1n) is 6.19. The van der Waals surface area contributed by atoms with Crippen molar-refractivity contribution in [2.75, 3.05) is 6.61 Å². The molecule has 1 aromatic heterocycles. The minimum absolute atomic E-state index is 0.398. The summed E-state index contributed by atoms with van der Waals surface area (Å²) in [4.78, 5) is 15.6. The largest absolute Gasteiger partial charge is 0.493 e. The second-order valence-electron chi connectivity index (χ2n) is 4.17. The number of ether oxygens (including phenoxy) is 1. The molecule has 0 saturated carbocycles. The van der Waals surface area contributed by atoms with Gasteiger partial charge in [-0.2, -0.15) is 0 Å². The molecular weight excluding hydrogens is 240 g/mol. The monoisotopic (exact) mass is 256 g/mol. The Bertz CT molecular complexity index is 568. The minimum Gasteiger partial charge on any atom is -0.493 e. The molecule has 98 valence electrons. The zero-order valence-corrected chi connectivity index (χ0v) is 10.8. The van der Waals surface area contributed by atoms with Crippen molar-refractivity contribution in [2.24, 2.45) is 5.73 Å². The van der Waals surface area contributed by atoms with Crippen LogP contribution >= 0.6 is 0 Å². The molecule has 0 unspecified atom stereocenters. The summed E-state index contributed by atoms with van der Waals surface area (Å²) >= 11 is 0. The van der Waals surface area contributed by atoms with Gasteiger partial charge in [0.1, 0.15) is 5.75 Å². The molecule has 0 aliphatic carbocycles. The maximum Gasteiger partial charge on any atom is 0.252 e. The molecule has 0 atom stereocenters.